The molecule has 1 aliphatic heterocycles. The van der Waals surface area contributed by atoms with Gasteiger partial charge in [-0.2, -0.15) is 0 Å². The van der Waals surface area contributed by atoms with E-state index in [4.69, 9.17) is 4.74 Å². The van der Waals surface area contributed by atoms with Gasteiger partial charge < -0.3 is 4.74 Å². The number of carbonyl (C=O) groups excluding carboxylic acids is 2. The summed E-state index contributed by atoms with van der Waals surface area (Å²) in [6.45, 7) is 0.774. The zero-order valence-electron chi connectivity index (χ0n) is 9.09. The molecule has 0 N–H and O–H groups in total. The summed E-state index contributed by atoms with van der Waals surface area (Å²) in [4.78, 5) is 24.8. The standard InChI is InChI=1S/C12H15NO3/c14-11(13-5-6-16-12(13)15)10-7-8-1-3-9(10)4-2-8/h1,3,8-10H,2,4-7H2. The molecule has 86 valence electrons. The molecular formula is C12H15NO3. The monoisotopic (exact) mass is 221 g/mol. The summed E-state index contributed by atoms with van der Waals surface area (Å²) in [5, 5.41) is 0. The second-order valence-corrected chi connectivity index (χ2v) is 4.83. The van der Waals surface area contributed by atoms with Crippen molar-refractivity contribution in [1.29, 1.82) is 0 Å². The quantitative estimate of drug-likeness (QED) is 0.631. The van der Waals surface area contributed by atoms with E-state index in [0.717, 1.165) is 12.8 Å². The van der Waals surface area contributed by atoms with Gasteiger partial charge in [-0.05, 0) is 31.1 Å². The third-order valence-electron chi connectivity index (χ3n) is 3.92. The molecule has 3 atom stereocenters. The molecule has 16 heavy (non-hydrogen) atoms. The largest absolute Gasteiger partial charge is 0.447 e. The molecule has 1 saturated carbocycles. The lowest BCUT2D eigenvalue weighted by atomic mass is 9.68. The van der Waals surface area contributed by atoms with Crippen LogP contribution in [0.15, 0.2) is 12.2 Å². The fourth-order valence-corrected chi connectivity index (χ4v) is 3.01. The molecule has 0 aromatic heterocycles. The van der Waals surface area contributed by atoms with Crippen molar-refractivity contribution in [2.24, 2.45) is 17.8 Å². The number of imide groups is 1. The molecule has 0 radical (unpaired) electrons. The summed E-state index contributed by atoms with van der Waals surface area (Å²) in [5.41, 5.74) is 0. The Bertz CT molecular complexity index is 363. The van der Waals surface area contributed by atoms with Gasteiger partial charge in [0.25, 0.3) is 0 Å². The van der Waals surface area contributed by atoms with E-state index >= 15 is 0 Å². The molecule has 0 aromatic carbocycles. The minimum atomic E-state index is -0.463. The van der Waals surface area contributed by atoms with Crippen molar-refractivity contribution in [3.63, 3.8) is 0 Å². The summed E-state index contributed by atoms with van der Waals surface area (Å²) in [6.07, 6.45) is 7.09. The zero-order chi connectivity index (χ0) is 11.1. The van der Waals surface area contributed by atoms with Gasteiger partial charge in [0.1, 0.15) is 6.61 Å². The lowest BCUT2D eigenvalue weighted by molar-refractivity contribution is -0.134. The van der Waals surface area contributed by atoms with Crippen molar-refractivity contribution in [3.8, 4) is 0 Å². The van der Waals surface area contributed by atoms with Crippen LogP contribution in [-0.4, -0.2) is 30.1 Å². The van der Waals surface area contributed by atoms with Gasteiger partial charge >= 0.3 is 6.09 Å². The topological polar surface area (TPSA) is 46.6 Å². The maximum Gasteiger partial charge on any atom is 0.416 e. The number of cyclic esters (lactones) is 1. The van der Waals surface area contributed by atoms with Crippen LogP contribution in [0.3, 0.4) is 0 Å². The smallest absolute Gasteiger partial charge is 0.416 e. The highest BCUT2D eigenvalue weighted by Gasteiger charge is 2.41. The van der Waals surface area contributed by atoms with E-state index in [1.165, 1.54) is 11.3 Å². The summed E-state index contributed by atoms with van der Waals surface area (Å²) in [6, 6.07) is 0. The van der Waals surface area contributed by atoms with Crippen molar-refractivity contribution in [3.05, 3.63) is 12.2 Å². The maximum atomic E-state index is 12.2. The first-order chi connectivity index (χ1) is 7.75. The second-order valence-electron chi connectivity index (χ2n) is 4.83. The van der Waals surface area contributed by atoms with Crippen LogP contribution in [0.4, 0.5) is 4.79 Å². The van der Waals surface area contributed by atoms with E-state index < -0.39 is 6.09 Å². The Balaban J connectivity index is 1.76. The molecule has 0 spiro atoms. The fourth-order valence-electron chi connectivity index (χ4n) is 3.01. The molecule has 2 fully saturated rings. The molecule has 4 heteroatoms. The molecule has 2 bridgehead atoms. The molecular weight excluding hydrogens is 206 g/mol. The van der Waals surface area contributed by atoms with Gasteiger partial charge in [-0.25, -0.2) is 9.69 Å². The summed E-state index contributed by atoms with van der Waals surface area (Å²) < 4.78 is 4.81. The van der Waals surface area contributed by atoms with Crippen LogP contribution < -0.4 is 0 Å². The highest BCUT2D eigenvalue weighted by molar-refractivity contribution is 5.94. The Morgan fingerprint density at radius 2 is 2.25 bits per heavy atom. The first-order valence-electron chi connectivity index (χ1n) is 5.92. The fraction of sp³-hybridized carbons (Fsp3) is 0.667. The second kappa shape index (κ2) is 3.61. The number of allylic oxidation sites excluding steroid dienone is 2. The lowest BCUT2D eigenvalue weighted by Gasteiger charge is -2.37. The maximum absolute atomic E-state index is 12.2. The van der Waals surface area contributed by atoms with Crippen LogP contribution in [0.1, 0.15) is 19.3 Å². The summed E-state index contributed by atoms with van der Waals surface area (Å²) >= 11 is 0. The van der Waals surface area contributed by atoms with E-state index in [2.05, 4.69) is 12.2 Å². The number of hydrogen-bond donors (Lipinski definition) is 0. The summed E-state index contributed by atoms with van der Waals surface area (Å²) in [5.74, 6) is 0.861. The van der Waals surface area contributed by atoms with Crippen LogP contribution in [-0.2, 0) is 9.53 Å². The zero-order valence-corrected chi connectivity index (χ0v) is 9.09. The number of nitrogens with zero attached hydrogens (tertiary/aromatic N) is 1. The minimum absolute atomic E-state index is 0.00870. The molecule has 1 heterocycles. The van der Waals surface area contributed by atoms with Crippen molar-refractivity contribution >= 4 is 12.0 Å². The first-order valence-corrected chi connectivity index (χ1v) is 5.92. The molecule has 4 nitrogen and oxygen atoms in total. The van der Waals surface area contributed by atoms with Gasteiger partial charge in [-0.15, -0.1) is 0 Å². The van der Waals surface area contributed by atoms with Crippen LogP contribution >= 0.6 is 0 Å². The van der Waals surface area contributed by atoms with Crippen LogP contribution in [0.2, 0.25) is 0 Å². The SMILES string of the molecule is O=C1OCCN1C(=O)C1CC2C=CC1CC2. The Kier molecular flexibility index (Phi) is 2.23. The number of carbonyl (C=O) groups is 2. The highest BCUT2D eigenvalue weighted by atomic mass is 16.6. The van der Waals surface area contributed by atoms with Gasteiger partial charge in [-0.1, -0.05) is 12.2 Å². The molecule has 1 saturated heterocycles. The van der Waals surface area contributed by atoms with Crippen LogP contribution in [0.5, 0.6) is 0 Å². The lowest BCUT2D eigenvalue weighted by Crippen LogP contribution is -2.43. The van der Waals surface area contributed by atoms with Crippen molar-refractivity contribution in [2.75, 3.05) is 13.2 Å². The molecule has 3 aliphatic carbocycles. The van der Waals surface area contributed by atoms with E-state index in [9.17, 15) is 9.59 Å². The average molecular weight is 221 g/mol. The van der Waals surface area contributed by atoms with E-state index in [-0.39, 0.29) is 11.8 Å². The Morgan fingerprint density at radius 3 is 2.75 bits per heavy atom. The molecule has 3 unspecified atom stereocenters. The number of amides is 2. The molecule has 0 aromatic rings. The Morgan fingerprint density at radius 1 is 1.38 bits per heavy atom. The predicted octanol–water partition coefficient (Wildman–Crippen LogP) is 1.57. The predicted molar refractivity (Wildman–Crippen MR) is 56.5 cm³/mol. The third-order valence-corrected chi connectivity index (χ3v) is 3.92. The van der Waals surface area contributed by atoms with Gasteiger partial charge in [-0.3, -0.25) is 4.79 Å². The van der Waals surface area contributed by atoms with Crippen LogP contribution in [0.25, 0.3) is 0 Å². The Labute approximate surface area is 94.2 Å². The molecule has 4 aliphatic rings. The van der Waals surface area contributed by atoms with Gasteiger partial charge in [0, 0.05) is 5.92 Å². The minimum Gasteiger partial charge on any atom is -0.447 e. The Hall–Kier alpha value is -1.32. The van der Waals surface area contributed by atoms with E-state index in [0.29, 0.717) is 25.0 Å². The molecule has 2 amide bonds. The highest BCUT2D eigenvalue weighted by Crippen LogP contribution is 2.41. The normalized spacial score (nSPS) is 36.6. The van der Waals surface area contributed by atoms with Gasteiger partial charge in [0.15, 0.2) is 0 Å². The van der Waals surface area contributed by atoms with Crippen LogP contribution in [0, 0.1) is 17.8 Å². The first kappa shape index (κ1) is 9.87. The number of ether oxygens (including phenoxy) is 1. The van der Waals surface area contributed by atoms with Crippen molar-refractivity contribution in [2.45, 2.75) is 19.3 Å². The number of fused-ring (bicyclic) bond motifs is 2. The van der Waals surface area contributed by atoms with E-state index in [1.807, 2.05) is 0 Å². The number of hydrogen-bond acceptors (Lipinski definition) is 3. The number of rotatable bonds is 1. The summed E-state index contributed by atoms with van der Waals surface area (Å²) in [7, 11) is 0. The third kappa shape index (κ3) is 1.44. The molecule has 4 rings (SSSR count). The van der Waals surface area contributed by atoms with Gasteiger partial charge in [0.2, 0.25) is 5.91 Å². The average Bonchev–Trinajstić information content (AvgIpc) is 2.76. The van der Waals surface area contributed by atoms with Crippen molar-refractivity contribution in [1.82, 2.24) is 4.90 Å². The van der Waals surface area contributed by atoms with E-state index in [1.54, 1.807) is 0 Å². The van der Waals surface area contributed by atoms with Crippen molar-refractivity contribution < 1.29 is 14.3 Å². The van der Waals surface area contributed by atoms with Gasteiger partial charge in [0.05, 0.1) is 6.54 Å².